The van der Waals surface area contributed by atoms with Gasteiger partial charge in [-0.1, -0.05) is 23.4 Å². The van der Waals surface area contributed by atoms with Crippen LogP contribution in [0.4, 0.5) is 5.82 Å². The van der Waals surface area contributed by atoms with Gasteiger partial charge in [-0.05, 0) is 24.0 Å². The first-order valence-corrected chi connectivity index (χ1v) is 6.98. The Balaban J connectivity index is 2.18. The molecule has 0 aliphatic rings. The minimum atomic E-state index is 0.464. The zero-order valence-corrected chi connectivity index (χ0v) is 11.7. The smallest absolute Gasteiger partial charge is 0.190 e. The molecule has 0 unspecified atom stereocenters. The molecule has 0 atom stereocenters. The van der Waals surface area contributed by atoms with Crippen molar-refractivity contribution in [1.82, 2.24) is 15.0 Å². The van der Waals surface area contributed by atoms with Crippen molar-refractivity contribution >= 4 is 29.2 Å². The molecule has 2 aromatic heterocycles. The average molecular weight is 281 g/mol. The molecule has 0 saturated carbocycles. The van der Waals surface area contributed by atoms with Crippen molar-refractivity contribution in [1.29, 1.82) is 0 Å². The van der Waals surface area contributed by atoms with Gasteiger partial charge >= 0.3 is 0 Å². The predicted molar refractivity (Wildman–Crippen MR) is 75.2 cm³/mol. The maximum absolute atomic E-state index is 5.97. The molecule has 0 N–H and O–H groups in total. The molecule has 0 saturated heterocycles. The third-order valence-corrected chi connectivity index (χ3v) is 3.14. The zero-order chi connectivity index (χ0) is 13.0. The van der Waals surface area contributed by atoms with E-state index in [2.05, 4.69) is 15.0 Å². The second-order valence-corrected chi connectivity index (χ2v) is 4.91. The van der Waals surface area contributed by atoms with Crippen LogP contribution in [0.15, 0.2) is 35.7 Å². The molecule has 0 aliphatic heterocycles. The Kier molecular flexibility index (Phi) is 4.38. The summed E-state index contributed by atoms with van der Waals surface area (Å²) < 4.78 is 0. The fourth-order valence-corrected chi connectivity index (χ4v) is 2.12. The molecule has 0 aromatic carbocycles. The van der Waals surface area contributed by atoms with E-state index in [0.717, 1.165) is 12.4 Å². The van der Waals surface area contributed by atoms with Gasteiger partial charge in [0.1, 0.15) is 11.0 Å². The van der Waals surface area contributed by atoms with E-state index in [4.69, 9.17) is 11.6 Å². The summed E-state index contributed by atoms with van der Waals surface area (Å²) in [6.07, 6.45) is 5.49. The summed E-state index contributed by atoms with van der Waals surface area (Å²) in [6.45, 7) is 0.754. The van der Waals surface area contributed by atoms with Crippen LogP contribution in [0.25, 0.3) is 0 Å². The Morgan fingerprint density at radius 2 is 2.00 bits per heavy atom. The van der Waals surface area contributed by atoms with E-state index in [1.807, 2.05) is 30.3 Å². The number of pyridine rings is 1. The molecule has 0 aliphatic carbocycles. The van der Waals surface area contributed by atoms with Crippen molar-refractivity contribution in [3.63, 3.8) is 0 Å². The highest BCUT2D eigenvalue weighted by Crippen LogP contribution is 2.20. The lowest BCUT2D eigenvalue weighted by Crippen LogP contribution is -2.18. The number of thioether (sulfide) groups is 1. The van der Waals surface area contributed by atoms with Crippen LogP contribution in [0, 0.1) is 0 Å². The van der Waals surface area contributed by atoms with Crippen LogP contribution in [0.3, 0.4) is 0 Å². The van der Waals surface area contributed by atoms with Gasteiger partial charge in [0, 0.05) is 32.1 Å². The van der Waals surface area contributed by atoms with Gasteiger partial charge in [0.15, 0.2) is 5.16 Å². The molecule has 0 bridgehead atoms. The lowest BCUT2D eigenvalue weighted by Gasteiger charge is -2.18. The Labute approximate surface area is 115 Å². The van der Waals surface area contributed by atoms with Crippen LogP contribution in [-0.4, -0.2) is 28.3 Å². The van der Waals surface area contributed by atoms with Crippen LogP contribution in [-0.2, 0) is 6.54 Å². The molecular weight excluding hydrogens is 268 g/mol. The first-order valence-electron chi connectivity index (χ1n) is 5.37. The van der Waals surface area contributed by atoms with Crippen LogP contribution in [0.5, 0.6) is 0 Å². The van der Waals surface area contributed by atoms with E-state index in [0.29, 0.717) is 10.3 Å². The van der Waals surface area contributed by atoms with Gasteiger partial charge in [0.25, 0.3) is 0 Å². The van der Waals surface area contributed by atoms with Gasteiger partial charge in [-0.25, -0.2) is 9.97 Å². The lowest BCUT2D eigenvalue weighted by atomic mass is 10.2. The molecule has 0 radical (unpaired) electrons. The number of anilines is 1. The topological polar surface area (TPSA) is 41.9 Å². The molecule has 2 rings (SSSR count). The van der Waals surface area contributed by atoms with Gasteiger partial charge in [-0.3, -0.25) is 4.98 Å². The van der Waals surface area contributed by atoms with E-state index in [9.17, 15) is 0 Å². The Hall–Kier alpha value is -1.33. The molecule has 0 spiro atoms. The van der Waals surface area contributed by atoms with E-state index in [1.165, 1.54) is 17.3 Å². The fourth-order valence-electron chi connectivity index (χ4n) is 1.52. The van der Waals surface area contributed by atoms with Gasteiger partial charge in [-0.15, -0.1) is 0 Å². The molecule has 94 valence electrons. The van der Waals surface area contributed by atoms with Crippen LogP contribution in [0.2, 0.25) is 5.15 Å². The standard InChI is InChI=1S/C12H13ClN4S/c1-17(8-9-3-5-14-6-4-9)11-7-10(13)15-12(16-11)18-2/h3-7H,8H2,1-2H3. The summed E-state index contributed by atoms with van der Waals surface area (Å²) in [5.41, 5.74) is 1.17. The second kappa shape index (κ2) is 6.02. The molecule has 0 fully saturated rings. The average Bonchev–Trinajstić information content (AvgIpc) is 2.39. The summed E-state index contributed by atoms with van der Waals surface area (Å²) in [5.74, 6) is 0.816. The number of nitrogens with zero attached hydrogens (tertiary/aromatic N) is 4. The van der Waals surface area contributed by atoms with E-state index < -0.39 is 0 Å². The van der Waals surface area contributed by atoms with Gasteiger partial charge < -0.3 is 4.90 Å². The van der Waals surface area contributed by atoms with Crippen LogP contribution < -0.4 is 4.90 Å². The SMILES string of the molecule is CSc1nc(Cl)cc(N(C)Cc2ccncc2)n1. The highest BCUT2D eigenvalue weighted by molar-refractivity contribution is 7.98. The number of aromatic nitrogens is 3. The minimum Gasteiger partial charge on any atom is -0.355 e. The largest absolute Gasteiger partial charge is 0.355 e. The lowest BCUT2D eigenvalue weighted by molar-refractivity contribution is 0.855. The van der Waals surface area contributed by atoms with Crippen LogP contribution in [0.1, 0.15) is 5.56 Å². The fraction of sp³-hybridized carbons (Fsp3) is 0.250. The van der Waals surface area contributed by atoms with Gasteiger partial charge in [-0.2, -0.15) is 0 Å². The molecule has 2 heterocycles. The van der Waals surface area contributed by atoms with E-state index >= 15 is 0 Å². The molecule has 2 aromatic rings. The third kappa shape index (κ3) is 3.34. The van der Waals surface area contributed by atoms with Crippen molar-refractivity contribution < 1.29 is 0 Å². The Morgan fingerprint density at radius 1 is 1.28 bits per heavy atom. The normalized spacial score (nSPS) is 10.4. The Bertz CT molecular complexity index is 521. The molecule has 18 heavy (non-hydrogen) atoms. The van der Waals surface area contributed by atoms with E-state index in [1.54, 1.807) is 18.5 Å². The van der Waals surface area contributed by atoms with Crippen molar-refractivity contribution in [2.24, 2.45) is 0 Å². The second-order valence-electron chi connectivity index (χ2n) is 3.75. The minimum absolute atomic E-state index is 0.464. The summed E-state index contributed by atoms with van der Waals surface area (Å²) in [7, 11) is 1.98. The Morgan fingerprint density at radius 3 is 2.67 bits per heavy atom. The first kappa shape index (κ1) is 13.1. The molecule has 0 amide bonds. The quantitative estimate of drug-likeness (QED) is 0.489. The molecular formula is C12H13ClN4S. The highest BCUT2D eigenvalue weighted by Gasteiger charge is 2.07. The highest BCUT2D eigenvalue weighted by atomic mass is 35.5. The third-order valence-electron chi connectivity index (χ3n) is 2.40. The maximum Gasteiger partial charge on any atom is 0.190 e. The summed E-state index contributed by atoms with van der Waals surface area (Å²) in [5, 5.41) is 1.14. The zero-order valence-electron chi connectivity index (χ0n) is 10.2. The van der Waals surface area contributed by atoms with Crippen LogP contribution >= 0.6 is 23.4 Å². The predicted octanol–water partition coefficient (Wildman–Crippen LogP) is 2.88. The van der Waals surface area contributed by atoms with E-state index in [-0.39, 0.29) is 0 Å². The first-order chi connectivity index (χ1) is 8.69. The van der Waals surface area contributed by atoms with Gasteiger partial charge in [0.05, 0.1) is 0 Å². The van der Waals surface area contributed by atoms with Gasteiger partial charge in [0.2, 0.25) is 0 Å². The number of hydrogen-bond donors (Lipinski definition) is 0. The number of halogens is 1. The van der Waals surface area contributed by atoms with Crippen molar-refractivity contribution in [3.05, 3.63) is 41.3 Å². The number of hydrogen-bond acceptors (Lipinski definition) is 5. The molecule has 6 heteroatoms. The summed E-state index contributed by atoms with van der Waals surface area (Å²) in [6, 6.07) is 5.73. The van der Waals surface area contributed by atoms with Crippen molar-refractivity contribution in [2.75, 3.05) is 18.2 Å². The maximum atomic E-state index is 5.97. The number of rotatable bonds is 4. The van der Waals surface area contributed by atoms with Crippen molar-refractivity contribution in [2.45, 2.75) is 11.7 Å². The summed E-state index contributed by atoms with van der Waals surface area (Å²) >= 11 is 7.45. The van der Waals surface area contributed by atoms with Crippen molar-refractivity contribution in [3.8, 4) is 0 Å². The molecule has 4 nitrogen and oxygen atoms in total. The monoisotopic (exact) mass is 280 g/mol. The summed E-state index contributed by atoms with van der Waals surface area (Å²) in [4.78, 5) is 14.6.